The molecule has 0 radical (unpaired) electrons. The predicted octanol–water partition coefficient (Wildman–Crippen LogP) is -0.550. The number of hydrogen-bond donors (Lipinski definition) is 1. The fourth-order valence-electron chi connectivity index (χ4n) is 1.14. The Morgan fingerprint density at radius 1 is 1.47 bits per heavy atom. The summed E-state index contributed by atoms with van der Waals surface area (Å²) in [6, 6.07) is 0. The molecule has 1 aromatic heterocycles. The van der Waals surface area contributed by atoms with Crippen molar-refractivity contribution in [3.63, 3.8) is 0 Å². The molecule has 1 atom stereocenters. The van der Waals surface area contributed by atoms with Crippen molar-refractivity contribution in [1.82, 2.24) is 10.2 Å². The Bertz CT molecular complexity index is 509. The highest BCUT2D eigenvalue weighted by molar-refractivity contribution is 7.86. The number of nitrogens with two attached hydrogens (primary N) is 1. The molecular weight excluding hydrogens is 266 g/mol. The lowest BCUT2D eigenvalue weighted by atomic mass is 10.3. The fourth-order valence-corrected chi connectivity index (χ4v) is 2.46. The van der Waals surface area contributed by atoms with Gasteiger partial charge in [-0.2, -0.15) is 0 Å². The molecule has 1 saturated carbocycles. The predicted molar refractivity (Wildman–Crippen MR) is 58.8 cm³/mol. The van der Waals surface area contributed by atoms with E-state index in [0.29, 0.717) is 12.8 Å². The number of ether oxygens (including phenoxy) is 1. The van der Waals surface area contributed by atoms with Crippen LogP contribution >= 0.6 is 11.3 Å². The zero-order chi connectivity index (χ0) is 12.6. The normalized spacial score (nSPS) is 18.4. The van der Waals surface area contributed by atoms with Gasteiger partial charge in [0.1, 0.15) is 0 Å². The van der Waals surface area contributed by atoms with Crippen molar-refractivity contribution in [2.24, 2.45) is 5.73 Å². The van der Waals surface area contributed by atoms with Gasteiger partial charge in [-0.3, -0.25) is 9.00 Å². The van der Waals surface area contributed by atoms with E-state index in [1.54, 1.807) is 0 Å². The first-order valence-corrected chi connectivity index (χ1v) is 7.02. The van der Waals surface area contributed by atoms with Crippen LogP contribution < -0.4 is 5.73 Å². The average Bonchev–Trinajstić information content (AvgIpc) is 2.87. The number of esters is 1. The van der Waals surface area contributed by atoms with Crippen LogP contribution in [0.25, 0.3) is 0 Å². The fraction of sp³-hybridized carbons (Fsp3) is 0.500. The summed E-state index contributed by atoms with van der Waals surface area (Å²) in [6.45, 7) is 0. The molecule has 0 bridgehead atoms. The van der Waals surface area contributed by atoms with Crippen molar-refractivity contribution in [3.05, 3.63) is 5.01 Å². The van der Waals surface area contributed by atoms with Crippen molar-refractivity contribution in [1.29, 1.82) is 0 Å². The number of hydrogen-bond acceptors (Lipinski definition) is 7. The smallest absolute Gasteiger partial charge is 0.370 e. The maximum absolute atomic E-state index is 11.6. The molecule has 1 aliphatic rings. The van der Waals surface area contributed by atoms with E-state index in [2.05, 4.69) is 10.2 Å². The summed E-state index contributed by atoms with van der Waals surface area (Å²) in [6.07, 6.45) is 2.29. The van der Waals surface area contributed by atoms with Crippen LogP contribution in [0.1, 0.15) is 22.6 Å². The second-order valence-corrected chi connectivity index (χ2v) is 6.11. The molecule has 1 aliphatic carbocycles. The van der Waals surface area contributed by atoms with Crippen molar-refractivity contribution in [2.45, 2.75) is 22.8 Å². The molecule has 17 heavy (non-hydrogen) atoms. The molecule has 92 valence electrons. The summed E-state index contributed by atoms with van der Waals surface area (Å²) in [5.74, 6) is -1.41. The molecular formula is C8H9N3O4S2. The third-order valence-corrected chi connectivity index (χ3v) is 4.49. The van der Waals surface area contributed by atoms with Crippen molar-refractivity contribution in [2.75, 3.05) is 6.26 Å². The van der Waals surface area contributed by atoms with Gasteiger partial charge in [0.2, 0.25) is 9.35 Å². The molecule has 0 saturated heterocycles. The quantitative estimate of drug-likeness (QED) is 0.738. The van der Waals surface area contributed by atoms with Gasteiger partial charge >= 0.3 is 5.97 Å². The zero-order valence-electron chi connectivity index (χ0n) is 8.84. The maximum atomic E-state index is 11.6. The van der Waals surface area contributed by atoms with Crippen LogP contribution in [0.2, 0.25) is 0 Å². The minimum atomic E-state index is -1.30. The number of carbonyl (C=O) groups is 2. The number of nitrogens with zero attached hydrogens (tertiary/aromatic N) is 2. The van der Waals surface area contributed by atoms with Crippen LogP contribution in [0.5, 0.6) is 0 Å². The van der Waals surface area contributed by atoms with Gasteiger partial charge in [0.25, 0.3) is 5.91 Å². The van der Waals surface area contributed by atoms with E-state index in [0.717, 1.165) is 11.3 Å². The summed E-state index contributed by atoms with van der Waals surface area (Å²) in [7, 11) is -1.30. The van der Waals surface area contributed by atoms with E-state index >= 15 is 0 Å². The highest BCUT2D eigenvalue weighted by atomic mass is 32.2. The second kappa shape index (κ2) is 4.15. The van der Waals surface area contributed by atoms with Gasteiger partial charge < -0.3 is 10.5 Å². The highest BCUT2D eigenvalue weighted by Gasteiger charge is 2.53. The molecule has 1 heterocycles. The van der Waals surface area contributed by atoms with E-state index in [-0.39, 0.29) is 9.35 Å². The largest absolute Gasteiger partial charge is 0.444 e. The number of primary amides is 1. The lowest BCUT2D eigenvalue weighted by Crippen LogP contribution is -2.35. The molecule has 1 aromatic rings. The summed E-state index contributed by atoms with van der Waals surface area (Å²) >= 11 is 0.880. The zero-order valence-corrected chi connectivity index (χ0v) is 10.5. The lowest BCUT2D eigenvalue weighted by molar-refractivity contribution is -0.128. The topological polar surface area (TPSA) is 112 Å². The molecule has 0 spiro atoms. The summed E-state index contributed by atoms with van der Waals surface area (Å²) in [4.78, 5) is 22.6. The van der Waals surface area contributed by atoms with Gasteiger partial charge in [0, 0.05) is 19.1 Å². The van der Waals surface area contributed by atoms with E-state index in [1.165, 1.54) is 6.26 Å². The van der Waals surface area contributed by atoms with Gasteiger partial charge in [-0.15, -0.1) is 10.2 Å². The van der Waals surface area contributed by atoms with Gasteiger partial charge in [-0.05, 0) is 0 Å². The monoisotopic (exact) mass is 275 g/mol. The number of rotatable bonds is 4. The molecule has 0 aliphatic heterocycles. The highest BCUT2D eigenvalue weighted by Crippen LogP contribution is 2.40. The van der Waals surface area contributed by atoms with E-state index in [4.69, 9.17) is 10.5 Å². The summed E-state index contributed by atoms with van der Waals surface area (Å²) in [5.41, 5.74) is 3.94. The van der Waals surface area contributed by atoms with Gasteiger partial charge in [-0.25, -0.2) is 4.79 Å². The van der Waals surface area contributed by atoms with E-state index in [1.807, 2.05) is 0 Å². The van der Waals surface area contributed by atoms with Crippen LogP contribution in [0.4, 0.5) is 0 Å². The van der Waals surface area contributed by atoms with Crippen LogP contribution in [0.15, 0.2) is 4.34 Å². The Morgan fingerprint density at radius 3 is 2.53 bits per heavy atom. The number of carbonyl (C=O) groups excluding carboxylic acids is 2. The Labute approximate surface area is 103 Å². The Morgan fingerprint density at radius 2 is 2.12 bits per heavy atom. The first kappa shape index (κ1) is 12.1. The standard InChI is InChI=1S/C8H9N3O4S2/c1-17(14)7-11-10-4(16-7)5(12)15-8(2-3-8)6(9)13/h2-3H2,1H3,(H2,9,13). The molecule has 1 unspecified atom stereocenters. The third-order valence-electron chi connectivity index (χ3n) is 2.27. The molecule has 2 N–H and O–H groups in total. The number of amides is 1. The van der Waals surface area contributed by atoms with Crippen molar-refractivity contribution >= 4 is 34.0 Å². The Hall–Kier alpha value is -1.35. The average molecular weight is 275 g/mol. The van der Waals surface area contributed by atoms with Gasteiger partial charge in [-0.1, -0.05) is 11.3 Å². The van der Waals surface area contributed by atoms with E-state index in [9.17, 15) is 13.8 Å². The third kappa shape index (κ3) is 2.34. The van der Waals surface area contributed by atoms with Gasteiger partial charge in [0.05, 0.1) is 10.8 Å². The lowest BCUT2D eigenvalue weighted by Gasteiger charge is -2.10. The molecule has 0 aromatic carbocycles. The molecule has 1 amide bonds. The van der Waals surface area contributed by atoms with Crippen LogP contribution in [0, 0.1) is 0 Å². The van der Waals surface area contributed by atoms with Crippen molar-refractivity contribution in [3.8, 4) is 0 Å². The van der Waals surface area contributed by atoms with Crippen LogP contribution in [0.3, 0.4) is 0 Å². The van der Waals surface area contributed by atoms with E-state index < -0.39 is 28.3 Å². The second-order valence-electron chi connectivity index (χ2n) is 3.58. The minimum Gasteiger partial charge on any atom is -0.444 e. The molecule has 7 nitrogen and oxygen atoms in total. The summed E-state index contributed by atoms with van der Waals surface area (Å²) < 4.78 is 16.3. The molecule has 1 fully saturated rings. The first-order valence-electron chi connectivity index (χ1n) is 4.65. The van der Waals surface area contributed by atoms with Crippen molar-refractivity contribution < 1.29 is 18.5 Å². The van der Waals surface area contributed by atoms with Gasteiger partial charge in [0.15, 0.2) is 5.60 Å². The van der Waals surface area contributed by atoms with Crippen LogP contribution in [-0.2, 0) is 20.3 Å². The Kier molecular flexibility index (Phi) is 2.96. The first-order chi connectivity index (χ1) is 7.94. The van der Waals surface area contributed by atoms with Crippen LogP contribution in [-0.4, -0.2) is 38.1 Å². The summed E-state index contributed by atoms with van der Waals surface area (Å²) in [5, 5.41) is 7.12. The SMILES string of the molecule is CS(=O)c1nnc(C(=O)OC2(C(N)=O)CC2)s1. The number of aromatic nitrogens is 2. The Balaban J connectivity index is 2.10. The minimum absolute atomic E-state index is 0.0253. The molecule has 9 heteroatoms. The maximum Gasteiger partial charge on any atom is 0.370 e. The molecule has 2 rings (SSSR count).